The Kier molecular flexibility index (Phi) is 7.24. The molecule has 0 radical (unpaired) electrons. The second kappa shape index (κ2) is 9.41. The van der Waals surface area contributed by atoms with Crippen molar-refractivity contribution in [3.05, 3.63) is 47.8 Å². The van der Waals surface area contributed by atoms with Crippen LogP contribution in [-0.4, -0.2) is 46.6 Å². The highest BCUT2D eigenvalue weighted by atomic mass is 16.5. The molecule has 0 amide bonds. The van der Waals surface area contributed by atoms with Crippen LogP contribution in [0.4, 0.5) is 0 Å². The maximum absolute atomic E-state index is 10.7. The van der Waals surface area contributed by atoms with E-state index in [1.165, 1.54) is 5.56 Å². The Balaban J connectivity index is 1.91. The summed E-state index contributed by atoms with van der Waals surface area (Å²) in [7, 11) is 1.82. The van der Waals surface area contributed by atoms with Crippen molar-refractivity contribution in [2.45, 2.75) is 39.4 Å². The van der Waals surface area contributed by atoms with Crippen LogP contribution in [0.15, 0.2) is 41.7 Å². The van der Waals surface area contributed by atoms with E-state index in [-0.39, 0.29) is 12.6 Å². The number of aromatic nitrogens is 2. The summed E-state index contributed by atoms with van der Waals surface area (Å²) in [4.78, 5) is 4.51. The number of nitrogens with zero attached hydrogens (tertiary/aromatic N) is 3. The van der Waals surface area contributed by atoms with Gasteiger partial charge in [-0.15, -0.1) is 0 Å². The lowest BCUT2D eigenvalue weighted by Gasteiger charge is -2.21. The van der Waals surface area contributed by atoms with Gasteiger partial charge in [-0.3, -0.25) is 4.68 Å². The van der Waals surface area contributed by atoms with Crippen molar-refractivity contribution in [1.29, 1.82) is 0 Å². The normalized spacial score (nSPS) is 15.1. The number of hydrogen-bond acceptors (Lipinski definition) is 4. The number of aliphatic imine (C=N–C) groups is 1. The average Bonchev–Trinajstić information content (AvgIpc) is 3.07. The average molecular weight is 374 g/mol. The van der Waals surface area contributed by atoms with Crippen molar-refractivity contribution in [3.8, 4) is 5.75 Å². The van der Waals surface area contributed by atoms with Gasteiger partial charge in [0.1, 0.15) is 17.5 Å². The monoisotopic (exact) mass is 373 g/mol. The summed E-state index contributed by atoms with van der Waals surface area (Å²) in [5, 5.41) is 21.2. The molecule has 2 unspecified atom stereocenters. The molecular formula is C20H31N5O2. The third-order valence-electron chi connectivity index (χ3n) is 4.13. The van der Waals surface area contributed by atoms with Crippen molar-refractivity contribution in [2.24, 2.45) is 12.0 Å². The summed E-state index contributed by atoms with van der Waals surface area (Å²) in [5.74, 6) is 1.48. The third kappa shape index (κ3) is 6.60. The maximum Gasteiger partial charge on any atom is 0.191 e. The van der Waals surface area contributed by atoms with Gasteiger partial charge >= 0.3 is 0 Å². The van der Waals surface area contributed by atoms with Crippen LogP contribution in [0.5, 0.6) is 5.75 Å². The number of rotatable bonds is 8. The minimum Gasteiger partial charge on any atom is -0.489 e. The van der Waals surface area contributed by atoms with E-state index in [4.69, 9.17) is 4.74 Å². The van der Waals surface area contributed by atoms with Crippen LogP contribution >= 0.6 is 0 Å². The molecule has 0 saturated carbocycles. The number of ether oxygens (including phenoxy) is 1. The summed E-state index contributed by atoms with van der Waals surface area (Å²) in [6, 6.07) is 8.00. The number of nitrogens with one attached hydrogen (secondary N) is 2. The lowest BCUT2D eigenvalue weighted by Crippen LogP contribution is -2.42. The van der Waals surface area contributed by atoms with Crippen molar-refractivity contribution >= 4 is 5.96 Å². The fourth-order valence-corrected chi connectivity index (χ4v) is 2.50. The minimum absolute atomic E-state index is 0.0320. The SMILES string of the molecule is CCNC(=NCC(C)(O)c1cnn(C)c1)NCC(C)Oc1ccc(C)cc1. The predicted octanol–water partition coefficient (Wildman–Crippen LogP) is 1.96. The summed E-state index contributed by atoms with van der Waals surface area (Å²) in [6.45, 7) is 9.34. The molecule has 0 spiro atoms. The van der Waals surface area contributed by atoms with E-state index in [0.717, 1.165) is 17.9 Å². The molecule has 148 valence electrons. The zero-order chi connectivity index (χ0) is 19.9. The molecule has 27 heavy (non-hydrogen) atoms. The van der Waals surface area contributed by atoms with Crippen LogP contribution in [0.3, 0.4) is 0 Å². The number of hydrogen-bond donors (Lipinski definition) is 3. The molecule has 0 aliphatic rings. The molecule has 0 bridgehead atoms. The summed E-state index contributed by atoms with van der Waals surface area (Å²) in [6.07, 6.45) is 3.43. The smallest absolute Gasteiger partial charge is 0.191 e. The highest BCUT2D eigenvalue weighted by Crippen LogP contribution is 2.19. The van der Waals surface area contributed by atoms with Crippen LogP contribution < -0.4 is 15.4 Å². The third-order valence-corrected chi connectivity index (χ3v) is 4.13. The summed E-state index contributed by atoms with van der Waals surface area (Å²) in [5.41, 5.74) is 0.858. The van der Waals surface area contributed by atoms with E-state index in [1.807, 2.05) is 52.1 Å². The molecule has 1 aromatic heterocycles. The van der Waals surface area contributed by atoms with Crippen LogP contribution in [0.1, 0.15) is 31.9 Å². The molecule has 0 fully saturated rings. The van der Waals surface area contributed by atoms with Gasteiger partial charge in [0.2, 0.25) is 0 Å². The Bertz CT molecular complexity index is 737. The first kappa shape index (κ1) is 20.8. The molecule has 7 heteroatoms. The first-order chi connectivity index (χ1) is 12.8. The highest BCUT2D eigenvalue weighted by molar-refractivity contribution is 5.79. The Morgan fingerprint density at radius 3 is 2.63 bits per heavy atom. The van der Waals surface area contributed by atoms with E-state index in [2.05, 4.69) is 20.7 Å². The van der Waals surface area contributed by atoms with E-state index in [1.54, 1.807) is 24.0 Å². The Morgan fingerprint density at radius 1 is 1.33 bits per heavy atom. The highest BCUT2D eigenvalue weighted by Gasteiger charge is 2.24. The molecule has 0 aliphatic carbocycles. The summed E-state index contributed by atoms with van der Waals surface area (Å²) < 4.78 is 7.58. The topological polar surface area (TPSA) is 83.7 Å². The second-order valence-electron chi connectivity index (χ2n) is 6.99. The van der Waals surface area contributed by atoms with E-state index < -0.39 is 5.60 Å². The maximum atomic E-state index is 10.7. The van der Waals surface area contributed by atoms with E-state index >= 15 is 0 Å². The minimum atomic E-state index is -1.08. The Morgan fingerprint density at radius 2 is 2.04 bits per heavy atom. The van der Waals surface area contributed by atoms with Crippen molar-refractivity contribution in [3.63, 3.8) is 0 Å². The van der Waals surface area contributed by atoms with Gasteiger partial charge in [-0.2, -0.15) is 5.10 Å². The lowest BCUT2D eigenvalue weighted by molar-refractivity contribution is 0.0671. The van der Waals surface area contributed by atoms with Crippen LogP contribution in [0, 0.1) is 6.92 Å². The van der Waals surface area contributed by atoms with Gasteiger partial charge in [0.15, 0.2) is 5.96 Å². The van der Waals surface area contributed by atoms with Gasteiger partial charge < -0.3 is 20.5 Å². The molecule has 1 aromatic carbocycles. The van der Waals surface area contributed by atoms with Gasteiger partial charge in [-0.25, -0.2) is 4.99 Å². The standard InChI is InChI=1S/C20H31N5O2/c1-6-21-19(23-14-20(4,26)17-12-24-25(5)13-17)22-11-16(3)27-18-9-7-15(2)8-10-18/h7-10,12-13,16,26H,6,11,14H2,1-5H3,(H2,21,22,23). The largest absolute Gasteiger partial charge is 0.489 e. The van der Waals surface area contributed by atoms with Crippen molar-refractivity contribution < 1.29 is 9.84 Å². The van der Waals surface area contributed by atoms with Crippen molar-refractivity contribution in [2.75, 3.05) is 19.6 Å². The first-order valence-electron chi connectivity index (χ1n) is 9.27. The zero-order valence-corrected chi connectivity index (χ0v) is 16.9. The predicted molar refractivity (Wildman–Crippen MR) is 108 cm³/mol. The fraction of sp³-hybridized carbons (Fsp3) is 0.500. The van der Waals surface area contributed by atoms with Crippen LogP contribution in [0.2, 0.25) is 0 Å². The van der Waals surface area contributed by atoms with Crippen LogP contribution in [-0.2, 0) is 12.6 Å². The van der Waals surface area contributed by atoms with E-state index in [9.17, 15) is 5.11 Å². The van der Waals surface area contributed by atoms with Gasteiger partial charge in [0.05, 0.1) is 19.3 Å². The summed E-state index contributed by atoms with van der Waals surface area (Å²) >= 11 is 0. The molecule has 2 aromatic rings. The van der Waals surface area contributed by atoms with Crippen LogP contribution in [0.25, 0.3) is 0 Å². The molecule has 1 heterocycles. The van der Waals surface area contributed by atoms with Gasteiger partial charge in [0.25, 0.3) is 0 Å². The fourth-order valence-electron chi connectivity index (χ4n) is 2.50. The molecule has 0 aliphatic heterocycles. The van der Waals surface area contributed by atoms with Crippen molar-refractivity contribution in [1.82, 2.24) is 20.4 Å². The molecule has 0 saturated heterocycles. The zero-order valence-electron chi connectivity index (χ0n) is 16.9. The number of benzene rings is 1. The Hall–Kier alpha value is -2.54. The van der Waals surface area contributed by atoms with E-state index in [0.29, 0.717) is 12.5 Å². The molecule has 2 rings (SSSR count). The number of guanidine groups is 1. The molecule has 3 N–H and O–H groups in total. The van der Waals surface area contributed by atoms with Gasteiger partial charge in [-0.05, 0) is 39.8 Å². The first-order valence-corrected chi connectivity index (χ1v) is 9.27. The molecule has 2 atom stereocenters. The van der Waals surface area contributed by atoms with Gasteiger partial charge in [0, 0.05) is 25.4 Å². The molecule has 7 nitrogen and oxygen atoms in total. The van der Waals surface area contributed by atoms with Gasteiger partial charge in [-0.1, -0.05) is 17.7 Å². The number of aliphatic hydroxyl groups is 1. The second-order valence-corrected chi connectivity index (χ2v) is 6.99. The Labute approximate surface area is 161 Å². The lowest BCUT2D eigenvalue weighted by atomic mass is 10.0. The number of aryl methyl sites for hydroxylation is 2. The quantitative estimate of drug-likeness (QED) is 0.487. The molecular weight excluding hydrogens is 342 g/mol.